The van der Waals surface area contributed by atoms with Crippen LogP contribution < -0.4 is 0 Å². The molecule has 5 nitrogen and oxygen atoms in total. The first kappa shape index (κ1) is 21.4. The van der Waals surface area contributed by atoms with Gasteiger partial charge in [-0.3, -0.25) is 4.79 Å². The second kappa shape index (κ2) is 6.52. The lowest BCUT2D eigenvalue weighted by molar-refractivity contribution is -0.311. The summed E-state index contributed by atoms with van der Waals surface area (Å²) in [4.78, 5) is 13.0. The molecule has 1 aliphatic heterocycles. The summed E-state index contributed by atoms with van der Waals surface area (Å²) in [6.45, 7) is 9.35. The highest BCUT2D eigenvalue weighted by Gasteiger charge is 2.74. The summed E-state index contributed by atoms with van der Waals surface area (Å²) in [5.74, 6) is 3.05. The van der Waals surface area contributed by atoms with Gasteiger partial charge < -0.3 is 14.7 Å². The zero-order chi connectivity index (χ0) is 22.7. The lowest BCUT2D eigenvalue weighted by Gasteiger charge is -2.76. The third-order valence-corrected chi connectivity index (χ3v) is 12.1. The average Bonchev–Trinajstić information content (AvgIpc) is 2.77. The first-order valence-electron chi connectivity index (χ1n) is 13.1. The summed E-state index contributed by atoms with van der Waals surface area (Å²) in [5, 5.41) is 14.0. The van der Waals surface area contributed by atoms with Gasteiger partial charge in [-0.25, -0.2) is 0 Å². The van der Waals surface area contributed by atoms with E-state index < -0.39 is 0 Å². The second-order valence-electron chi connectivity index (χ2n) is 13.3. The fourth-order valence-corrected chi connectivity index (χ4v) is 11.2. The third-order valence-electron chi connectivity index (χ3n) is 12.1. The van der Waals surface area contributed by atoms with Crippen LogP contribution in [0.25, 0.3) is 0 Å². The Morgan fingerprint density at radius 1 is 1.12 bits per heavy atom. The molecule has 10 atom stereocenters. The van der Waals surface area contributed by atoms with E-state index in [4.69, 9.17) is 9.47 Å². The number of ether oxygens (including phenoxy) is 2. The minimum atomic E-state index is -0.374. The van der Waals surface area contributed by atoms with E-state index in [-0.39, 0.29) is 27.8 Å². The van der Waals surface area contributed by atoms with Crippen LogP contribution >= 0.6 is 0 Å². The smallest absolute Gasteiger partial charge is 0.311 e. The fraction of sp³-hybridized carbons (Fsp3) is 0.926. The Kier molecular flexibility index (Phi) is 4.37. The van der Waals surface area contributed by atoms with Crippen LogP contribution in [0.4, 0.5) is 0 Å². The van der Waals surface area contributed by atoms with Crippen molar-refractivity contribution in [2.24, 2.45) is 56.9 Å². The average molecular weight is 444 g/mol. The van der Waals surface area contributed by atoms with Crippen LogP contribution in [0.3, 0.4) is 0 Å². The first-order chi connectivity index (χ1) is 15.1. The van der Waals surface area contributed by atoms with Crippen molar-refractivity contribution in [2.45, 2.75) is 97.2 Å². The molecule has 1 spiro atoms. The summed E-state index contributed by atoms with van der Waals surface area (Å²) in [7, 11) is 1.56. The molecule has 0 radical (unpaired) electrons. The van der Waals surface area contributed by atoms with E-state index in [1.807, 2.05) is 0 Å². The summed E-state index contributed by atoms with van der Waals surface area (Å²) in [6.07, 6.45) is 10.1. The van der Waals surface area contributed by atoms with Gasteiger partial charge >= 0.3 is 5.97 Å². The molecule has 1 N–H and O–H groups in total. The molecule has 7 rings (SSSR count). The van der Waals surface area contributed by atoms with Gasteiger partial charge in [-0.1, -0.05) is 18.5 Å². The number of carbonyl (C=O) groups excluding carboxylic acids is 1. The summed E-state index contributed by atoms with van der Waals surface area (Å²) < 4.78 is 12.1. The molecule has 1 saturated heterocycles. The maximum atomic E-state index is 13.0. The van der Waals surface area contributed by atoms with E-state index in [1.165, 1.54) is 19.3 Å². The van der Waals surface area contributed by atoms with Crippen molar-refractivity contribution in [3.63, 3.8) is 0 Å². The normalized spacial score (nSPS) is 56.3. The standard InChI is InChI=1S/C27H41NO4/c1-24(2)16-14-27-12-9-19-25(3,10-6-11-26(19,4)23(29)31-5)20(27)13-15(16)21-18(32-24)8-7-17(28-30)22(21)27/h15-16,18-22,30H,6-14H2,1-5H3/b28-17+/t15-,16?,18-,19+,20+,21-,22+,25-,26+,27-/m0/s1. The van der Waals surface area contributed by atoms with E-state index in [1.54, 1.807) is 7.11 Å². The number of oxime groups is 1. The number of hydrogen-bond acceptors (Lipinski definition) is 5. The Labute approximate surface area is 192 Å². The summed E-state index contributed by atoms with van der Waals surface area (Å²) >= 11 is 0. The number of rotatable bonds is 1. The van der Waals surface area contributed by atoms with Crippen molar-refractivity contribution in [1.82, 2.24) is 0 Å². The number of methoxy groups -OCH3 is 1. The van der Waals surface area contributed by atoms with Crippen LogP contribution in [0.2, 0.25) is 0 Å². The van der Waals surface area contributed by atoms with Gasteiger partial charge in [0.15, 0.2) is 0 Å². The Bertz CT molecular complexity index is 868. The molecular weight excluding hydrogens is 402 g/mol. The van der Waals surface area contributed by atoms with Crippen molar-refractivity contribution >= 4 is 11.7 Å². The SMILES string of the molecule is COC(=O)[C@]1(C)CCC[C@]2(C)[C@H]3C[C@H]4C5C[C@]3(CC[C@H]21)[C@@H]1/C(=N/O)CC[C@H](OC5(C)C)[C@@H]14. The number of carbonyl (C=O) groups is 1. The van der Waals surface area contributed by atoms with Crippen molar-refractivity contribution in [3.8, 4) is 0 Å². The topological polar surface area (TPSA) is 68.1 Å². The molecule has 0 aromatic rings. The maximum Gasteiger partial charge on any atom is 0.311 e. The lowest BCUT2D eigenvalue weighted by Crippen LogP contribution is -2.74. The number of esters is 1. The molecule has 178 valence electrons. The quantitative estimate of drug-likeness (QED) is 0.333. The maximum absolute atomic E-state index is 13.0. The molecule has 5 heteroatoms. The zero-order valence-corrected chi connectivity index (χ0v) is 20.5. The fourth-order valence-electron chi connectivity index (χ4n) is 11.2. The number of hydrogen-bond donors (Lipinski definition) is 1. The largest absolute Gasteiger partial charge is 0.469 e. The monoisotopic (exact) mass is 443 g/mol. The molecule has 0 aromatic heterocycles. The molecule has 6 aliphatic carbocycles. The number of nitrogens with zero attached hydrogens (tertiary/aromatic N) is 1. The van der Waals surface area contributed by atoms with Crippen LogP contribution in [-0.2, 0) is 14.3 Å². The molecule has 0 aromatic carbocycles. The van der Waals surface area contributed by atoms with Gasteiger partial charge in [0.05, 0.1) is 29.9 Å². The van der Waals surface area contributed by atoms with E-state index >= 15 is 0 Å². The van der Waals surface area contributed by atoms with Crippen molar-refractivity contribution < 1.29 is 19.5 Å². The van der Waals surface area contributed by atoms with E-state index in [9.17, 15) is 10.0 Å². The number of fused-ring (bicyclic) bond motifs is 1. The molecule has 32 heavy (non-hydrogen) atoms. The van der Waals surface area contributed by atoms with Crippen molar-refractivity contribution in [1.29, 1.82) is 0 Å². The minimum absolute atomic E-state index is 0.00733. The Hall–Kier alpha value is -1.10. The van der Waals surface area contributed by atoms with Crippen molar-refractivity contribution in [3.05, 3.63) is 0 Å². The van der Waals surface area contributed by atoms with Gasteiger partial charge in [0.2, 0.25) is 0 Å². The third kappa shape index (κ3) is 2.35. The van der Waals surface area contributed by atoms with Gasteiger partial charge in [-0.2, -0.15) is 0 Å². The van der Waals surface area contributed by atoms with Gasteiger partial charge in [0.25, 0.3) is 0 Å². The van der Waals surface area contributed by atoms with Crippen molar-refractivity contribution in [2.75, 3.05) is 7.11 Å². The van der Waals surface area contributed by atoms with Crippen LogP contribution in [-0.4, -0.2) is 35.7 Å². The second-order valence-corrected chi connectivity index (χ2v) is 13.3. The molecule has 7 fully saturated rings. The molecule has 1 heterocycles. The molecule has 7 aliphatic rings. The highest BCUT2D eigenvalue weighted by Crippen LogP contribution is 2.77. The van der Waals surface area contributed by atoms with Crippen LogP contribution in [0.5, 0.6) is 0 Å². The molecule has 1 unspecified atom stereocenters. The highest BCUT2D eigenvalue weighted by atomic mass is 16.5. The molecule has 4 bridgehead atoms. The lowest BCUT2D eigenvalue weighted by atomic mass is 9.30. The predicted molar refractivity (Wildman–Crippen MR) is 121 cm³/mol. The van der Waals surface area contributed by atoms with Gasteiger partial charge in [0, 0.05) is 5.92 Å². The van der Waals surface area contributed by atoms with E-state index in [0.717, 1.165) is 44.2 Å². The minimum Gasteiger partial charge on any atom is -0.469 e. The van der Waals surface area contributed by atoms with Gasteiger partial charge in [-0.05, 0) is 113 Å². The van der Waals surface area contributed by atoms with Gasteiger partial charge in [0.1, 0.15) is 0 Å². The van der Waals surface area contributed by atoms with Crippen LogP contribution in [0, 0.1) is 51.8 Å². The summed E-state index contributed by atoms with van der Waals surface area (Å²) in [6, 6.07) is 0. The van der Waals surface area contributed by atoms with Gasteiger partial charge in [-0.15, -0.1) is 0 Å². The highest BCUT2D eigenvalue weighted by molar-refractivity contribution is 5.89. The molecule has 0 amide bonds. The van der Waals surface area contributed by atoms with E-state index in [0.29, 0.717) is 41.6 Å². The van der Waals surface area contributed by atoms with E-state index in [2.05, 4.69) is 32.9 Å². The molecule has 6 saturated carbocycles. The Balaban J connectivity index is 1.48. The predicted octanol–water partition coefficient (Wildman–Crippen LogP) is 5.44. The van der Waals surface area contributed by atoms with Crippen LogP contribution in [0.1, 0.15) is 85.5 Å². The molecular formula is C27H41NO4. The zero-order valence-electron chi connectivity index (χ0n) is 20.5. The first-order valence-corrected chi connectivity index (χ1v) is 13.1. The Morgan fingerprint density at radius 3 is 2.62 bits per heavy atom. The van der Waals surface area contributed by atoms with Crippen LogP contribution in [0.15, 0.2) is 5.16 Å². The Morgan fingerprint density at radius 2 is 1.91 bits per heavy atom. The summed E-state index contributed by atoms with van der Waals surface area (Å²) in [5.41, 5.74) is 0.932.